The number of halogens is 1. The molecule has 0 saturated heterocycles. The fraction of sp³-hybridized carbons (Fsp3) is 0.222. The van der Waals surface area contributed by atoms with Crippen LogP contribution in [0.25, 0.3) is 0 Å². The van der Waals surface area contributed by atoms with Crippen molar-refractivity contribution in [3.63, 3.8) is 0 Å². The summed E-state index contributed by atoms with van der Waals surface area (Å²) >= 11 is 0. The summed E-state index contributed by atoms with van der Waals surface area (Å²) in [5.74, 6) is 0.308. The fourth-order valence-corrected chi connectivity index (χ4v) is 2.32. The summed E-state index contributed by atoms with van der Waals surface area (Å²) in [5, 5.41) is 4.00. The number of nitrogens with zero attached hydrogens (tertiary/aromatic N) is 1. The zero-order valence-electron chi connectivity index (χ0n) is 13.8. The highest BCUT2D eigenvalue weighted by Gasteiger charge is 2.27. The van der Waals surface area contributed by atoms with Crippen LogP contribution in [-0.4, -0.2) is 31.4 Å². The Morgan fingerprint density at radius 1 is 1.28 bits per heavy atom. The Bertz CT molecular complexity index is 822. The normalized spacial score (nSPS) is 16.3. The summed E-state index contributed by atoms with van der Waals surface area (Å²) in [4.78, 5) is 12.2. The third kappa shape index (κ3) is 3.71. The van der Waals surface area contributed by atoms with Gasteiger partial charge in [-0.3, -0.25) is 4.79 Å². The molecule has 0 radical (unpaired) electrons. The molecule has 0 aliphatic carbocycles. The highest BCUT2D eigenvalue weighted by atomic mass is 19.1. The number of carbonyl (C=O) groups is 1. The molecule has 0 fully saturated rings. The first-order valence-corrected chi connectivity index (χ1v) is 7.65. The molecule has 6 nitrogen and oxygen atoms in total. The van der Waals surface area contributed by atoms with Gasteiger partial charge in [0.05, 0.1) is 12.8 Å². The van der Waals surface area contributed by atoms with Crippen molar-refractivity contribution in [2.45, 2.75) is 13.0 Å². The van der Waals surface area contributed by atoms with E-state index in [0.717, 1.165) is 0 Å². The maximum Gasteiger partial charge on any atom is 0.284 e. The largest absolute Gasteiger partial charge is 0.494 e. The maximum absolute atomic E-state index is 13.7. The van der Waals surface area contributed by atoms with E-state index in [1.807, 2.05) is 6.07 Å². The van der Waals surface area contributed by atoms with Gasteiger partial charge in [-0.25, -0.2) is 9.82 Å². The number of para-hydroxylation sites is 2. The van der Waals surface area contributed by atoms with Gasteiger partial charge in [-0.05, 0) is 37.3 Å². The van der Waals surface area contributed by atoms with Crippen LogP contribution in [-0.2, 0) is 4.79 Å². The van der Waals surface area contributed by atoms with E-state index in [0.29, 0.717) is 22.8 Å². The number of methoxy groups -OCH3 is 1. The minimum atomic E-state index is -0.806. The van der Waals surface area contributed by atoms with Crippen LogP contribution >= 0.6 is 0 Å². The maximum atomic E-state index is 13.7. The van der Waals surface area contributed by atoms with Gasteiger partial charge >= 0.3 is 0 Å². The van der Waals surface area contributed by atoms with Crippen molar-refractivity contribution in [2.75, 3.05) is 13.7 Å². The molecule has 0 bridgehead atoms. The second-order valence-corrected chi connectivity index (χ2v) is 5.39. The summed E-state index contributed by atoms with van der Waals surface area (Å²) in [6.07, 6.45) is -0.806. The molecule has 2 aromatic rings. The van der Waals surface area contributed by atoms with Crippen LogP contribution in [0.5, 0.6) is 17.2 Å². The molecule has 0 unspecified atom stereocenters. The van der Waals surface area contributed by atoms with Gasteiger partial charge in [-0.15, -0.1) is 0 Å². The summed E-state index contributed by atoms with van der Waals surface area (Å²) in [6, 6.07) is 11.6. The molecule has 1 atom stereocenters. The Hall–Kier alpha value is -3.09. The summed E-state index contributed by atoms with van der Waals surface area (Å²) in [5.41, 5.74) is 3.40. The van der Waals surface area contributed by atoms with Gasteiger partial charge in [-0.1, -0.05) is 12.1 Å². The monoisotopic (exact) mass is 344 g/mol. The number of hydrogen-bond acceptors (Lipinski definition) is 5. The molecule has 25 heavy (non-hydrogen) atoms. The predicted octanol–water partition coefficient (Wildman–Crippen LogP) is 2.51. The molecule has 2 aromatic carbocycles. The van der Waals surface area contributed by atoms with E-state index in [4.69, 9.17) is 14.2 Å². The van der Waals surface area contributed by atoms with Gasteiger partial charge < -0.3 is 14.2 Å². The van der Waals surface area contributed by atoms with Crippen LogP contribution in [0.2, 0.25) is 0 Å². The molecule has 7 heteroatoms. The molecule has 1 aliphatic rings. The van der Waals surface area contributed by atoms with Crippen LogP contribution in [0.4, 0.5) is 4.39 Å². The third-order valence-corrected chi connectivity index (χ3v) is 3.70. The Kier molecular flexibility index (Phi) is 4.83. The number of hydrazone groups is 1. The van der Waals surface area contributed by atoms with E-state index in [1.165, 1.54) is 19.2 Å². The molecule has 0 aromatic heterocycles. The SMILES string of the molecule is COc1ccc(/C(C)=N\NC(=O)[C@@H]2COc3ccccc3O2)cc1F. The van der Waals surface area contributed by atoms with Gasteiger partial charge in [-0.2, -0.15) is 5.10 Å². The standard InChI is InChI=1S/C18H17FN2O4/c1-11(12-7-8-14(23-2)13(19)9-12)20-21-18(22)17-10-24-15-5-3-4-6-16(15)25-17/h3-9,17H,10H2,1-2H3,(H,21,22)/b20-11-/t17-/m0/s1. The van der Waals surface area contributed by atoms with Crippen molar-refractivity contribution in [1.82, 2.24) is 5.43 Å². The highest BCUT2D eigenvalue weighted by molar-refractivity contribution is 5.99. The van der Waals surface area contributed by atoms with Crippen LogP contribution in [0.15, 0.2) is 47.6 Å². The van der Waals surface area contributed by atoms with E-state index >= 15 is 0 Å². The first kappa shape index (κ1) is 16.8. The van der Waals surface area contributed by atoms with Crippen LogP contribution in [0.3, 0.4) is 0 Å². The lowest BCUT2D eigenvalue weighted by Crippen LogP contribution is -2.42. The molecule has 1 aliphatic heterocycles. The Morgan fingerprint density at radius 3 is 2.76 bits per heavy atom. The number of benzene rings is 2. The number of rotatable bonds is 4. The topological polar surface area (TPSA) is 69.2 Å². The fourth-order valence-electron chi connectivity index (χ4n) is 2.32. The number of ether oxygens (including phenoxy) is 3. The van der Waals surface area contributed by atoms with Gasteiger partial charge in [0.25, 0.3) is 5.91 Å². The van der Waals surface area contributed by atoms with Crippen LogP contribution < -0.4 is 19.6 Å². The van der Waals surface area contributed by atoms with Gasteiger partial charge in [0, 0.05) is 5.56 Å². The molecule has 130 valence electrons. The zero-order valence-corrected chi connectivity index (χ0v) is 13.8. The molecule has 0 spiro atoms. The number of nitrogens with one attached hydrogen (secondary N) is 1. The average Bonchev–Trinajstić information content (AvgIpc) is 2.65. The van der Waals surface area contributed by atoms with Crippen LogP contribution in [0, 0.1) is 5.82 Å². The number of amides is 1. The summed E-state index contributed by atoms with van der Waals surface area (Å²) < 4.78 is 29.7. The minimum absolute atomic E-state index is 0.0918. The smallest absolute Gasteiger partial charge is 0.284 e. The van der Waals surface area contributed by atoms with E-state index in [9.17, 15) is 9.18 Å². The van der Waals surface area contributed by atoms with Crippen molar-refractivity contribution in [3.05, 3.63) is 53.8 Å². The molecule has 0 saturated carbocycles. The average molecular weight is 344 g/mol. The first-order valence-electron chi connectivity index (χ1n) is 7.65. The second kappa shape index (κ2) is 7.21. The zero-order chi connectivity index (χ0) is 17.8. The van der Waals surface area contributed by atoms with Gasteiger partial charge in [0.1, 0.15) is 6.61 Å². The third-order valence-electron chi connectivity index (χ3n) is 3.70. The van der Waals surface area contributed by atoms with Crippen molar-refractivity contribution in [1.29, 1.82) is 0 Å². The summed E-state index contributed by atoms with van der Waals surface area (Å²) in [7, 11) is 1.39. The quantitative estimate of drug-likeness (QED) is 0.683. The Morgan fingerprint density at radius 2 is 2.04 bits per heavy atom. The number of fused-ring (bicyclic) bond motifs is 1. The van der Waals surface area contributed by atoms with Crippen molar-refractivity contribution < 1.29 is 23.4 Å². The lowest BCUT2D eigenvalue weighted by molar-refractivity contribution is -0.130. The first-order chi connectivity index (χ1) is 12.1. The molecule has 1 N–H and O–H groups in total. The highest BCUT2D eigenvalue weighted by Crippen LogP contribution is 2.30. The van der Waals surface area contributed by atoms with Crippen molar-refractivity contribution in [2.24, 2.45) is 5.10 Å². The lowest BCUT2D eigenvalue weighted by atomic mass is 10.1. The number of hydrogen-bond donors (Lipinski definition) is 1. The molecule has 3 rings (SSSR count). The number of carbonyl (C=O) groups excluding carboxylic acids is 1. The van der Waals surface area contributed by atoms with E-state index in [-0.39, 0.29) is 12.4 Å². The van der Waals surface area contributed by atoms with E-state index in [2.05, 4.69) is 10.5 Å². The molecular weight excluding hydrogens is 327 g/mol. The van der Waals surface area contributed by atoms with E-state index in [1.54, 1.807) is 31.2 Å². The van der Waals surface area contributed by atoms with Crippen molar-refractivity contribution in [3.8, 4) is 17.2 Å². The van der Waals surface area contributed by atoms with Gasteiger partial charge in [0.2, 0.25) is 6.10 Å². The Labute approximate surface area is 144 Å². The molecule has 1 heterocycles. The summed E-state index contributed by atoms with van der Waals surface area (Å²) in [6.45, 7) is 1.75. The minimum Gasteiger partial charge on any atom is -0.494 e. The second-order valence-electron chi connectivity index (χ2n) is 5.39. The van der Waals surface area contributed by atoms with Crippen LogP contribution in [0.1, 0.15) is 12.5 Å². The Balaban J connectivity index is 1.65. The van der Waals surface area contributed by atoms with Crippen molar-refractivity contribution >= 4 is 11.6 Å². The van der Waals surface area contributed by atoms with Gasteiger partial charge in [0.15, 0.2) is 23.1 Å². The van der Waals surface area contributed by atoms with E-state index < -0.39 is 17.8 Å². The lowest BCUT2D eigenvalue weighted by Gasteiger charge is -2.24. The predicted molar refractivity (Wildman–Crippen MR) is 89.7 cm³/mol. The molecule has 1 amide bonds. The molecular formula is C18H17FN2O4.